The predicted octanol–water partition coefficient (Wildman–Crippen LogP) is 1.78. The van der Waals surface area contributed by atoms with Crippen LogP contribution in [0.3, 0.4) is 0 Å². The average Bonchev–Trinajstić information content (AvgIpc) is 2.15. The first kappa shape index (κ1) is 11.5. The SMILES string of the molecule is CC(C)C(O)c1cc(O)ccc1C(=O)O. The number of carbonyl (C=O) groups is 1. The molecule has 0 fully saturated rings. The summed E-state index contributed by atoms with van der Waals surface area (Å²) in [5, 5.41) is 27.9. The number of hydrogen-bond acceptors (Lipinski definition) is 3. The van der Waals surface area contributed by atoms with Gasteiger partial charge in [0.1, 0.15) is 5.75 Å². The highest BCUT2D eigenvalue weighted by Gasteiger charge is 2.19. The maximum absolute atomic E-state index is 10.9. The molecule has 1 unspecified atom stereocenters. The fraction of sp³-hybridized carbons (Fsp3) is 0.364. The zero-order valence-corrected chi connectivity index (χ0v) is 8.64. The quantitative estimate of drug-likeness (QED) is 0.710. The van der Waals surface area contributed by atoms with Crippen molar-refractivity contribution in [3.8, 4) is 5.75 Å². The topological polar surface area (TPSA) is 77.8 Å². The number of aliphatic hydroxyl groups is 1. The third kappa shape index (κ3) is 2.47. The van der Waals surface area contributed by atoms with Gasteiger partial charge in [0.15, 0.2) is 0 Å². The smallest absolute Gasteiger partial charge is 0.336 e. The van der Waals surface area contributed by atoms with Gasteiger partial charge in [0.2, 0.25) is 0 Å². The van der Waals surface area contributed by atoms with Crippen LogP contribution in [0.1, 0.15) is 35.9 Å². The van der Waals surface area contributed by atoms with Crippen molar-refractivity contribution in [3.63, 3.8) is 0 Å². The van der Waals surface area contributed by atoms with Crippen molar-refractivity contribution < 1.29 is 20.1 Å². The van der Waals surface area contributed by atoms with Crippen LogP contribution in [0.25, 0.3) is 0 Å². The van der Waals surface area contributed by atoms with Crippen LogP contribution in [0.5, 0.6) is 5.75 Å². The summed E-state index contributed by atoms with van der Waals surface area (Å²) in [6, 6.07) is 3.87. The summed E-state index contributed by atoms with van der Waals surface area (Å²) < 4.78 is 0. The Morgan fingerprint density at radius 2 is 1.93 bits per heavy atom. The number of aliphatic hydroxyl groups excluding tert-OH is 1. The van der Waals surface area contributed by atoms with Crippen molar-refractivity contribution >= 4 is 5.97 Å². The highest BCUT2D eigenvalue weighted by molar-refractivity contribution is 5.89. The molecule has 0 radical (unpaired) electrons. The van der Waals surface area contributed by atoms with Crippen LogP contribution in [0.2, 0.25) is 0 Å². The normalized spacial score (nSPS) is 12.8. The minimum absolute atomic E-state index is 0.0222. The molecule has 0 heterocycles. The molecule has 0 aliphatic heterocycles. The molecule has 0 saturated carbocycles. The monoisotopic (exact) mass is 210 g/mol. The number of aromatic hydroxyl groups is 1. The first-order valence-electron chi connectivity index (χ1n) is 4.67. The molecule has 1 atom stereocenters. The highest BCUT2D eigenvalue weighted by Crippen LogP contribution is 2.27. The molecule has 0 aliphatic rings. The molecule has 3 N–H and O–H groups in total. The molecule has 0 aromatic heterocycles. The predicted molar refractivity (Wildman–Crippen MR) is 54.9 cm³/mol. The van der Waals surface area contributed by atoms with E-state index in [1.165, 1.54) is 18.2 Å². The van der Waals surface area contributed by atoms with Gasteiger partial charge in [-0.05, 0) is 29.7 Å². The third-order valence-electron chi connectivity index (χ3n) is 2.22. The van der Waals surface area contributed by atoms with Gasteiger partial charge >= 0.3 is 5.97 Å². The Balaban J connectivity index is 3.24. The highest BCUT2D eigenvalue weighted by atomic mass is 16.4. The molecule has 1 rings (SSSR count). The lowest BCUT2D eigenvalue weighted by Crippen LogP contribution is -2.11. The van der Waals surface area contributed by atoms with E-state index >= 15 is 0 Å². The maximum Gasteiger partial charge on any atom is 0.336 e. The molecule has 0 spiro atoms. The lowest BCUT2D eigenvalue weighted by Gasteiger charge is -2.17. The van der Waals surface area contributed by atoms with Gasteiger partial charge in [0, 0.05) is 0 Å². The van der Waals surface area contributed by atoms with Crippen LogP contribution in [-0.4, -0.2) is 21.3 Å². The Morgan fingerprint density at radius 1 is 1.33 bits per heavy atom. The van der Waals surface area contributed by atoms with Crippen molar-refractivity contribution in [1.82, 2.24) is 0 Å². The number of phenols is 1. The number of aromatic carboxylic acids is 1. The first-order valence-corrected chi connectivity index (χ1v) is 4.67. The molecular weight excluding hydrogens is 196 g/mol. The first-order chi connectivity index (χ1) is 6.93. The van der Waals surface area contributed by atoms with Crippen LogP contribution >= 0.6 is 0 Å². The molecule has 0 aliphatic carbocycles. The van der Waals surface area contributed by atoms with Crippen LogP contribution in [-0.2, 0) is 0 Å². The van der Waals surface area contributed by atoms with E-state index < -0.39 is 12.1 Å². The summed E-state index contributed by atoms with van der Waals surface area (Å²) >= 11 is 0. The van der Waals surface area contributed by atoms with Gasteiger partial charge in [-0.15, -0.1) is 0 Å². The molecule has 82 valence electrons. The van der Waals surface area contributed by atoms with Crippen LogP contribution < -0.4 is 0 Å². The number of phenolic OH excluding ortho intramolecular Hbond substituents is 1. The summed E-state index contributed by atoms with van der Waals surface area (Å²) in [5.41, 5.74) is 0.270. The Labute approximate surface area is 87.8 Å². The number of carboxylic acid groups (broad SMARTS) is 1. The standard InChI is InChI=1S/C11H14O4/c1-6(2)10(13)9-5-7(12)3-4-8(9)11(14)15/h3-6,10,12-13H,1-2H3,(H,14,15). The molecular formula is C11H14O4. The van der Waals surface area contributed by atoms with E-state index in [0.717, 1.165) is 0 Å². The largest absolute Gasteiger partial charge is 0.508 e. The fourth-order valence-electron chi connectivity index (χ4n) is 1.35. The van der Waals surface area contributed by atoms with Crippen LogP contribution in [0.4, 0.5) is 0 Å². The van der Waals surface area contributed by atoms with Gasteiger partial charge in [-0.25, -0.2) is 4.79 Å². The molecule has 4 nitrogen and oxygen atoms in total. The number of benzene rings is 1. The lowest BCUT2D eigenvalue weighted by atomic mass is 9.94. The van der Waals surface area contributed by atoms with Gasteiger partial charge in [0.25, 0.3) is 0 Å². The van der Waals surface area contributed by atoms with Gasteiger partial charge < -0.3 is 15.3 Å². The van der Waals surface area contributed by atoms with E-state index in [4.69, 9.17) is 5.11 Å². The van der Waals surface area contributed by atoms with Crippen molar-refractivity contribution in [2.75, 3.05) is 0 Å². The van der Waals surface area contributed by atoms with Crippen LogP contribution in [0, 0.1) is 5.92 Å². The van der Waals surface area contributed by atoms with E-state index in [-0.39, 0.29) is 22.8 Å². The molecule has 1 aromatic carbocycles. The molecule has 4 heteroatoms. The molecule has 15 heavy (non-hydrogen) atoms. The lowest BCUT2D eigenvalue weighted by molar-refractivity contribution is 0.0682. The minimum Gasteiger partial charge on any atom is -0.508 e. The third-order valence-corrected chi connectivity index (χ3v) is 2.22. The van der Waals surface area contributed by atoms with E-state index in [1.807, 2.05) is 0 Å². The Kier molecular flexibility index (Phi) is 3.31. The summed E-state index contributed by atoms with van der Waals surface area (Å²) in [4.78, 5) is 10.9. The zero-order valence-electron chi connectivity index (χ0n) is 8.64. The zero-order chi connectivity index (χ0) is 11.6. The Morgan fingerprint density at radius 3 is 2.40 bits per heavy atom. The second-order valence-electron chi connectivity index (χ2n) is 3.77. The summed E-state index contributed by atoms with van der Waals surface area (Å²) in [5.74, 6) is -1.26. The molecule has 0 bridgehead atoms. The van der Waals surface area contributed by atoms with Crippen molar-refractivity contribution in [1.29, 1.82) is 0 Å². The van der Waals surface area contributed by atoms with Gasteiger partial charge in [-0.1, -0.05) is 13.8 Å². The summed E-state index contributed by atoms with van der Waals surface area (Å²) in [7, 11) is 0. The number of rotatable bonds is 3. The number of carboxylic acids is 1. The van der Waals surface area contributed by atoms with E-state index in [2.05, 4.69) is 0 Å². The van der Waals surface area contributed by atoms with Gasteiger partial charge in [0.05, 0.1) is 11.7 Å². The summed E-state index contributed by atoms with van der Waals surface area (Å²) in [6.45, 7) is 3.56. The van der Waals surface area contributed by atoms with Gasteiger partial charge in [-0.3, -0.25) is 0 Å². The second kappa shape index (κ2) is 4.31. The average molecular weight is 210 g/mol. The van der Waals surface area contributed by atoms with Crippen LogP contribution in [0.15, 0.2) is 18.2 Å². The maximum atomic E-state index is 10.9. The van der Waals surface area contributed by atoms with Crippen molar-refractivity contribution in [2.24, 2.45) is 5.92 Å². The van der Waals surface area contributed by atoms with Gasteiger partial charge in [-0.2, -0.15) is 0 Å². The Bertz CT molecular complexity index is 371. The van der Waals surface area contributed by atoms with E-state index in [0.29, 0.717) is 0 Å². The number of hydrogen-bond donors (Lipinski definition) is 3. The fourth-order valence-corrected chi connectivity index (χ4v) is 1.35. The van der Waals surface area contributed by atoms with E-state index in [1.54, 1.807) is 13.8 Å². The van der Waals surface area contributed by atoms with E-state index in [9.17, 15) is 15.0 Å². The molecule has 1 aromatic rings. The Hall–Kier alpha value is -1.55. The molecule has 0 saturated heterocycles. The van der Waals surface area contributed by atoms with Crippen molar-refractivity contribution in [2.45, 2.75) is 20.0 Å². The second-order valence-corrected chi connectivity index (χ2v) is 3.77. The minimum atomic E-state index is -1.11. The summed E-state index contributed by atoms with van der Waals surface area (Å²) in [6.07, 6.45) is -0.886. The molecule has 0 amide bonds. The van der Waals surface area contributed by atoms with Crippen molar-refractivity contribution in [3.05, 3.63) is 29.3 Å².